The van der Waals surface area contributed by atoms with E-state index in [1.165, 1.54) is 32.2 Å². The third-order valence-electron chi connectivity index (χ3n) is 2.69. The van der Waals surface area contributed by atoms with Gasteiger partial charge in [-0.15, -0.1) is 0 Å². The van der Waals surface area contributed by atoms with Gasteiger partial charge in [0.15, 0.2) is 5.25 Å². The lowest BCUT2D eigenvalue weighted by atomic mass is 10.2. The quantitative estimate of drug-likeness (QED) is 0.741. The number of carboxylic acids is 1. The summed E-state index contributed by atoms with van der Waals surface area (Å²) in [4.78, 5) is 22.2. The molecule has 0 bridgehead atoms. The zero-order valence-corrected chi connectivity index (χ0v) is 12.4. The number of hydrogen-bond donors (Lipinski definition) is 2. The van der Waals surface area contributed by atoms with E-state index in [1.54, 1.807) is 0 Å². The fourth-order valence-electron chi connectivity index (χ4n) is 1.48. The molecule has 2 N–H and O–H groups in total. The number of hydrogen-bond acceptors (Lipinski definition) is 6. The van der Waals surface area contributed by atoms with Crippen LogP contribution >= 0.6 is 0 Å². The van der Waals surface area contributed by atoms with Crippen molar-refractivity contribution in [2.75, 3.05) is 18.9 Å². The molecule has 1 unspecified atom stereocenters. The average molecular weight is 317 g/mol. The van der Waals surface area contributed by atoms with Crippen LogP contribution in [0.25, 0.3) is 0 Å². The standard InChI is InChI=1S/C12H15NO7S/c1-7(12(16)20-3)21(17,18)13-8-4-5-9(11(14)15)10(6-8)19-2/h4-7,13H,1-3H3,(H,14,15). The van der Waals surface area contributed by atoms with Crippen LogP contribution < -0.4 is 9.46 Å². The average Bonchev–Trinajstić information content (AvgIpc) is 2.44. The molecule has 0 aliphatic rings. The largest absolute Gasteiger partial charge is 0.496 e. The summed E-state index contributed by atoms with van der Waals surface area (Å²) in [6.07, 6.45) is 0. The van der Waals surface area contributed by atoms with Gasteiger partial charge < -0.3 is 14.6 Å². The molecule has 1 aromatic carbocycles. The van der Waals surface area contributed by atoms with Crippen molar-refractivity contribution in [1.29, 1.82) is 0 Å². The van der Waals surface area contributed by atoms with Gasteiger partial charge >= 0.3 is 11.9 Å². The summed E-state index contributed by atoms with van der Waals surface area (Å²) in [6.45, 7) is 1.18. The van der Waals surface area contributed by atoms with Crippen LogP contribution in [0.3, 0.4) is 0 Å². The first-order chi connectivity index (χ1) is 9.72. The minimum atomic E-state index is -4.01. The fourth-order valence-corrected chi connectivity index (χ4v) is 2.46. The van der Waals surface area contributed by atoms with Crippen molar-refractivity contribution in [3.8, 4) is 5.75 Å². The molecule has 0 saturated carbocycles. The number of carboxylic acid groups (broad SMARTS) is 1. The van der Waals surface area contributed by atoms with E-state index in [9.17, 15) is 18.0 Å². The van der Waals surface area contributed by atoms with E-state index < -0.39 is 27.2 Å². The molecule has 0 saturated heterocycles. The van der Waals surface area contributed by atoms with Gasteiger partial charge in [0, 0.05) is 6.07 Å². The predicted octanol–water partition coefficient (Wildman–Crippen LogP) is 0.697. The zero-order valence-electron chi connectivity index (χ0n) is 11.6. The Morgan fingerprint density at radius 2 is 1.90 bits per heavy atom. The molecule has 0 spiro atoms. The molecule has 1 rings (SSSR count). The lowest BCUT2D eigenvalue weighted by Gasteiger charge is -2.14. The Balaban J connectivity index is 3.09. The number of nitrogens with one attached hydrogen (secondary N) is 1. The summed E-state index contributed by atoms with van der Waals surface area (Å²) in [5.74, 6) is -2.12. The van der Waals surface area contributed by atoms with E-state index >= 15 is 0 Å². The summed E-state index contributed by atoms with van der Waals surface area (Å²) >= 11 is 0. The smallest absolute Gasteiger partial charge is 0.339 e. The third kappa shape index (κ3) is 3.85. The molecule has 0 fully saturated rings. The van der Waals surface area contributed by atoms with Crippen molar-refractivity contribution in [3.05, 3.63) is 23.8 Å². The fraction of sp³-hybridized carbons (Fsp3) is 0.333. The molecule has 0 amide bonds. The first-order valence-corrected chi connectivity index (χ1v) is 7.28. The molecule has 0 heterocycles. The molecule has 9 heteroatoms. The summed E-state index contributed by atoms with van der Waals surface area (Å²) in [5, 5.41) is 7.52. The summed E-state index contributed by atoms with van der Waals surface area (Å²) in [6, 6.07) is 3.67. The first kappa shape index (κ1) is 16.8. The van der Waals surface area contributed by atoms with E-state index in [0.717, 1.165) is 7.11 Å². The van der Waals surface area contributed by atoms with Gasteiger partial charge in [0.2, 0.25) is 10.0 Å². The molecular formula is C12H15NO7S. The van der Waals surface area contributed by atoms with E-state index in [0.29, 0.717) is 0 Å². The number of methoxy groups -OCH3 is 2. The second-order valence-corrected chi connectivity index (χ2v) is 6.03. The number of carbonyl (C=O) groups excluding carboxylic acids is 1. The van der Waals surface area contributed by atoms with Gasteiger partial charge in [0.05, 0.1) is 19.9 Å². The number of carbonyl (C=O) groups is 2. The molecule has 8 nitrogen and oxygen atoms in total. The number of esters is 1. The van der Waals surface area contributed by atoms with Gasteiger partial charge in [0.25, 0.3) is 0 Å². The second-order valence-electron chi connectivity index (χ2n) is 4.03. The summed E-state index contributed by atoms with van der Waals surface area (Å²) in [7, 11) is -1.67. The van der Waals surface area contributed by atoms with Crippen LogP contribution in [0.4, 0.5) is 5.69 Å². The Morgan fingerprint density at radius 1 is 1.29 bits per heavy atom. The molecule has 0 aliphatic carbocycles. The predicted molar refractivity (Wildman–Crippen MR) is 74.0 cm³/mol. The Labute approximate surface area is 121 Å². The van der Waals surface area contributed by atoms with Gasteiger partial charge in [-0.3, -0.25) is 9.52 Å². The zero-order chi connectivity index (χ0) is 16.2. The van der Waals surface area contributed by atoms with Crippen molar-refractivity contribution in [2.45, 2.75) is 12.2 Å². The Hall–Kier alpha value is -2.29. The highest BCUT2D eigenvalue weighted by Gasteiger charge is 2.29. The van der Waals surface area contributed by atoms with Crippen LogP contribution in [0.2, 0.25) is 0 Å². The molecule has 0 radical (unpaired) electrons. The maximum Gasteiger partial charge on any atom is 0.339 e. The van der Waals surface area contributed by atoms with Gasteiger partial charge in [0.1, 0.15) is 11.3 Å². The number of rotatable bonds is 6. The number of anilines is 1. The van der Waals surface area contributed by atoms with Crippen LogP contribution in [0.5, 0.6) is 5.75 Å². The van der Waals surface area contributed by atoms with Crippen molar-refractivity contribution >= 4 is 27.6 Å². The van der Waals surface area contributed by atoms with Crippen LogP contribution in [-0.4, -0.2) is 44.9 Å². The molecule has 21 heavy (non-hydrogen) atoms. The Kier molecular flexibility index (Phi) is 5.14. The van der Waals surface area contributed by atoms with Crippen molar-refractivity contribution in [2.24, 2.45) is 0 Å². The molecule has 1 aromatic rings. The number of ether oxygens (including phenoxy) is 2. The van der Waals surface area contributed by atoms with Crippen LogP contribution in [0.1, 0.15) is 17.3 Å². The van der Waals surface area contributed by atoms with Gasteiger partial charge in [-0.05, 0) is 19.1 Å². The minimum Gasteiger partial charge on any atom is -0.496 e. The minimum absolute atomic E-state index is 0.00609. The maximum absolute atomic E-state index is 11.9. The lowest BCUT2D eigenvalue weighted by Crippen LogP contribution is -2.33. The summed E-state index contributed by atoms with van der Waals surface area (Å²) in [5.41, 5.74) is -0.0333. The van der Waals surface area contributed by atoms with E-state index in [4.69, 9.17) is 9.84 Å². The maximum atomic E-state index is 11.9. The van der Waals surface area contributed by atoms with Crippen LogP contribution in [0, 0.1) is 0 Å². The van der Waals surface area contributed by atoms with Crippen molar-refractivity contribution in [3.63, 3.8) is 0 Å². The summed E-state index contributed by atoms with van der Waals surface area (Å²) < 4.78 is 35.3. The normalized spacial score (nSPS) is 12.3. The highest BCUT2D eigenvalue weighted by Crippen LogP contribution is 2.24. The highest BCUT2D eigenvalue weighted by atomic mass is 32.2. The van der Waals surface area contributed by atoms with E-state index in [2.05, 4.69) is 9.46 Å². The number of aromatic carboxylic acids is 1. The number of sulfonamides is 1. The Morgan fingerprint density at radius 3 is 2.38 bits per heavy atom. The lowest BCUT2D eigenvalue weighted by molar-refractivity contribution is -0.139. The SMILES string of the molecule is COC(=O)C(C)S(=O)(=O)Nc1ccc(C(=O)O)c(OC)c1. The topological polar surface area (TPSA) is 119 Å². The van der Waals surface area contributed by atoms with Gasteiger partial charge in [-0.2, -0.15) is 0 Å². The third-order valence-corrected chi connectivity index (χ3v) is 4.33. The van der Waals surface area contributed by atoms with Gasteiger partial charge in [-0.25, -0.2) is 13.2 Å². The van der Waals surface area contributed by atoms with Crippen LogP contribution in [-0.2, 0) is 19.6 Å². The molecule has 116 valence electrons. The van der Waals surface area contributed by atoms with Crippen LogP contribution in [0.15, 0.2) is 18.2 Å². The van der Waals surface area contributed by atoms with Crippen molar-refractivity contribution < 1.29 is 32.6 Å². The monoisotopic (exact) mass is 317 g/mol. The molecular weight excluding hydrogens is 302 g/mol. The second kappa shape index (κ2) is 6.44. The Bertz CT molecular complexity index is 654. The first-order valence-electron chi connectivity index (χ1n) is 5.73. The van der Waals surface area contributed by atoms with E-state index in [-0.39, 0.29) is 17.0 Å². The molecule has 1 atom stereocenters. The number of benzene rings is 1. The highest BCUT2D eigenvalue weighted by molar-refractivity contribution is 7.94. The van der Waals surface area contributed by atoms with E-state index in [1.807, 2.05) is 0 Å². The van der Waals surface area contributed by atoms with Gasteiger partial charge in [-0.1, -0.05) is 0 Å². The molecule has 0 aromatic heterocycles. The molecule has 0 aliphatic heterocycles. The van der Waals surface area contributed by atoms with Crippen molar-refractivity contribution in [1.82, 2.24) is 0 Å².